The van der Waals surface area contributed by atoms with E-state index >= 15 is 0 Å². The van der Waals surface area contributed by atoms with Gasteiger partial charge >= 0.3 is 0 Å². The average Bonchev–Trinajstić information content (AvgIpc) is 2.91. The molecule has 3 aromatic carbocycles. The summed E-state index contributed by atoms with van der Waals surface area (Å²) in [6, 6.07) is 23.4. The molecule has 3 rings (SSSR count). The lowest BCUT2D eigenvalue weighted by Gasteiger charge is -2.32. The van der Waals surface area contributed by atoms with E-state index in [0.29, 0.717) is 5.69 Å². The Hall–Kier alpha value is -2.92. The first-order valence-corrected chi connectivity index (χ1v) is 14.6. The van der Waals surface area contributed by atoms with Crippen molar-refractivity contribution in [2.45, 2.75) is 50.7 Å². The van der Waals surface area contributed by atoms with Crippen molar-refractivity contribution < 1.29 is 18.0 Å². The van der Waals surface area contributed by atoms with E-state index in [1.54, 1.807) is 49.4 Å². The number of halogens is 1. The highest BCUT2D eigenvalue weighted by Crippen LogP contribution is 2.25. The van der Waals surface area contributed by atoms with Gasteiger partial charge in [-0.05, 0) is 84.8 Å². The van der Waals surface area contributed by atoms with Gasteiger partial charge in [0.2, 0.25) is 11.8 Å². The number of nitrogens with one attached hydrogen (secondary N) is 1. The molecule has 0 radical (unpaired) electrons. The fourth-order valence-corrected chi connectivity index (χ4v) is 5.48. The second-order valence-corrected chi connectivity index (χ2v) is 11.9. The van der Waals surface area contributed by atoms with Gasteiger partial charge in [-0.1, -0.05) is 55.5 Å². The molecule has 37 heavy (non-hydrogen) atoms. The Morgan fingerprint density at radius 1 is 0.892 bits per heavy atom. The highest BCUT2D eigenvalue weighted by atomic mass is 127. The van der Waals surface area contributed by atoms with Crippen molar-refractivity contribution in [1.29, 1.82) is 0 Å². The molecule has 3 aromatic rings. The van der Waals surface area contributed by atoms with E-state index in [-0.39, 0.29) is 23.4 Å². The zero-order valence-corrected chi connectivity index (χ0v) is 24.1. The molecule has 0 saturated carbocycles. The molecule has 0 fully saturated rings. The minimum atomic E-state index is -4.05. The lowest BCUT2D eigenvalue weighted by Crippen LogP contribution is -2.52. The lowest BCUT2D eigenvalue weighted by molar-refractivity contribution is -0.139. The molecule has 0 heterocycles. The Bertz CT molecular complexity index is 1290. The van der Waals surface area contributed by atoms with Crippen LogP contribution < -0.4 is 9.62 Å². The van der Waals surface area contributed by atoms with Crippen LogP contribution >= 0.6 is 22.6 Å². The summed E-state index contributed by atoms with van der Waals surface area (Å²) < 4.78 is 29.4. The number of nitrogens with zero attached hydrogens (tertiary/aromatic N) is 2. The topological polar surface area (TPSA) is 86.8 Å². The Morgan fingerprint density at radius 3 is 2.03 bits per heavy atom. The van der Waals surface area contributed by atoms with E-state index in [4.69, 9.17) is 0 Å². The third-order valence-corrected chi connectivity index (χ3v) is 8.60. The van der Waals surface area contributed by atoms with Crippen molar-refractivity contribution in [3.8, 4) is 0 Å². The number of carbonyl (C=O) groups is 2. The molecule has 2 atom stereocenters. The molecule has 0 spiro atoms. The van der Waals surface area contributed by atoms with Gasteiger partial charge in [-0.3, -0.25) is 13.9 Å². The zero-order chi connectivity index (χ0) is 27.0. The summed E-state index contributed by atoms with van der Waals surface area (Å²) in [6.45, 7) is 5.25. The number of amides is 2. The third-order valence-electron chi connectivity index (χ3n) is 6.09. The lowest BCUT2D eigenvalue weighted by atomic mass is 10.1. The summed E-state index contributed by atoms with van der Waals surface area (Å²) in [6.07, 6.45) is 0.751. The second-order valence-electron chi connectivity index (χ2n) is 8.80. The highest BCUT2D eigenvalue weighted by Gasteiger charge is 2.32. The van der Waals surface area contributed by atoms with Gasteiger partial charge in [0.15, 0.2) is 0 Å². The number of rotatable bonds is 11. The fourth-order valence-electron chi connectivity index (χ4n) is 3.68. The highest BCUT2D eigenvalue weighted by molar-refractivity contribution is 14.1. The average molecular weight is 634 g/mol. The van der Waals surface area contributed by atoms with Crippen molar-refractivity contribution in [2.24, 2.45) is 0 Å². The Kier molecular flexibility index (Phi) is 10.1. The van der Waals surface area contributed by atoms with Gasteiger partial charge in [-0.25, -0.2) is 8.42 Å². The molecule has 0 saturated heterocycles. The number of carbonyl (C=O) groups excluding carboxylic acids is 2. The predicted octanol–water partition coefficient (Wildman–Crippen LogP) is 4.82. The molecule has 0 bridgehead atoms. The quantitative estimate of drug-likeness (QED) is 0.307. The maximum absolute atomic E-state index is 13.8. The predicted molar refractivity (Wildman–Crippen MR) is 154 cm³/mol. The van der Waals surface area contributed by atoms with Crippen LogP contribution in [-0.2, 0) is 26.2 Å². The second kappa shape index (κ2) is 13.0. The molecule has 0 aliphatic rings. The first-order valence-electron chi connectivity index (χ1n) is 12.1. The van der Waals surface area contributed by atoms with Crippen molar-refractivity contribution >= 4 is 50.1 Å². The normalized spacial score (nSPS) is 12.9. The number of hydrogen-bond acceptors (Lipinski definition) is 4. The van der Waals surface area contributed by atoms with Crippen LogP contribution in [0.15, 0.2) is 89.8 Å². The molecule has 196 valence electrons. The summed E-state index contributed by atoms with van der Waals surface area (Å²) >= 11 is 2.14. The van der Waals surface area contributed by atoms with Crippen LogP contribution in [0.25, 0.3) is 0 Å². The van der Waals surface area contributed by atoms with Gasteiger partial charge in [-0.15, -0.1) is 0 Å². The van der Waals surface area contributed by atoms with Crippen LogP contribution in [0.3, 0.4) is 0 Å². The van der Waals surface area contributed by atoms with Crippen molar-refractivity contribution in [1.82, 2.24) is 10.2 Å². The van der Waals surface area contributed by atoms with Crippen LogP contribution in [-0.4, -0.2) is 43.8 Å². The van der Waals surface area contributed by atoms with Crippen LogP contribution in [0, 0.1) is 3.57 Å². The Balaban J connectivity index is 1.99. The molecular formula is C28H32IN3O4S. The summed E-state index contributed by atoms with van der Waals surface area (Å²) in [5.41, 5.74) is 1.21. The van der Waals surface area contributed by atoms with E-state index in [1.165, 1.54) is 17.0 Å². The molecule has 2 amide bonds. The van der Waals surface area contributed by atoms with E-state index in [0.717, 1.165) is 19.9 Å². The van der Waals surface area contributed by atoms with Crippen LogP contribution in [0.5, 0.6) is 0 Å². The van der Waals surface area contributed by atoms with Gasteiger partial charge in [0, 0.05) is 16.2 Å². The standard InChI is InChI=1S/C28H32IN3O4S/c1-4-21(2)30-28(34)22(3)31(19-23-11-7-5-8-12-23)27(33)20-32(25-17-15-24(29)16-18-25)37(35,36)26-13-9-6-10-14-26/h5-18,21-22H,4,19-20H2,1-3H3,(H,30,34)/t21-,22+/m1/s1. The van der Waals surface area contributed by atoms with Gasteiger partial charge in [0.25, 0.3) is 10.0 Å². The van der Waals surface area contributed by atoms with Crippen LogP contribution in [0.2, 0.25) is 0 Å². The van der Waals surface area contributed by atoms with Crippen molar-refractivity contribution in [2.75, 3.05) is 10.8 Å². The number of sulfonamides is 1. The van der Waals surface area contributed by atoms with E-state index in [1.807, 2.05) is 44.2 Å². The Labute approximate surface area is 233 Å². The Morgan fingerprint density at radius 2 is 1.46 bits per heavy atom. The zero-order valence-electron chi connectivity index (χ0n) is 21.2. The summed E-state index contributed by atoms with van der Waals surface area (Å²) in [7, 11) is -4.05. The molecule has 0 aliphatic carbocycles. The maximum Gasteiger partial charge on any atom is 0.264 e. The van der Waals surface area contributed by atoms with Crippen molar-refractivity contribution in [3.05, 3.63) is 94.1 Å². The number of anilines is 1. The largest absolute Gasteiger partial charge is 0.352 e. The minimum absolute atomic E-state index is 0.0506. The molecule has 0 aromatic heterocycles. The fraction of sp³-hybridized carbons (Fsp3) is 0.286. The van der Waals surface area contributed by atoms with Gasteiger partial charge < -0.3 is 10.2 Å². The SMILES string of the molecule is CC[C@@H](C)NC(=O)[C@H](C)N(Cc1ccccc1)C(=O)CN(c1ccc(I)cc1)S(=O)(=O)c1ccccc1. The summed E-state index contributed by atoms with van der Waals surface area (Å²) in [5.74, 6) is -0.765. The van der Waals surface area contributed by atoms with Crippen LogP contribution in [0.4, 0.5) is 5.69 Å². The molecule has 1 N–H and O–H groups in total. The van der Waals surface area contributed by atoms with E-state index < -0.39 is 28.5 Å². The van der Waals surface area contributed by atoms with E-state index in [9.17, 15) is 18.0 Å². The van der Waals surface area contributed by atoms with Gasteiger partial charge in [-0.2, -0.15) is 0 Å². The van der Waals surface area contributed by atoms with Crippen molar-refractivity contribution in [3.63, 3.8) is 0 Å². The molecule has 9 heteroatoms. The maximum atomic E-state index is 13.8. The van der Waals surface area contributed by atoms with Gasteiger partial charge in [0.05, 0.1) is 10.6 Å². The number of benzene rings is 3. The van der Waals surface area contributed by atoms with Crippen LogP contribution in [0.1, 0.15) is 32.8 Å². The molecule has 7 nitrogen and oxygen atoms in total. The van der Waals surface area contributed by atoms with Gasteiger partial charge in [0.1, 0.15) is 12.6 Å². The molecule has 0 aliphatic heterocycles. The molecule has 0 unspecified atom stereocenters. The van der Waals surface area contributed by atoms with E-state index in [2.05, 4.69) is 27.9 Å². The third kappa shape index (κ3) is 7.54. The first kappa shape index (κ1) is 28.6. The smallest absolute Gasteiger partial charge is 0.264 e. The summed E-state index contributed by atoms with van der Waals surface area (Å²) in [4.78, 5) is 28.4. The number of hydrogen-bond donors (Lipinski definition) is 1. The molecular weight excluding hydrogens is 601 g/mol. The minimum Gasteiger partial charge on any atom is -0.352 e. The summed E-state index contributed by atoms with van der Waals surface area (Å²) in [5, 5.41) is 2.93. The monoisotopic (exact) mass is 633 g/mol. The first-order chi connectivity index (χ1) is 17.6.